The van der Waals surface area contributed by atoms with Gasteiger partial charge in [-0.1, -0.05) is 53.9 Å². The van der Waals surface area contributed by atoms with E-state index in [4.69, 9.17) is 24.4 Å². The summed E-state index contributed by atoms with van der Waals surface area (Å²) in [5.41, 5.74) is 1.27. The molecule has 1 aromatic rings. The Morgan fingerprint density at radius 3 is 2.32 bits per heavy atom. The first-order valence-electron chi connectivity index (χ1n) is 6.40. The molecule has 1 heterocycles. The summed E-state index contributed by atoms with van der Waals surface area (Å²) in [6, 6.07) is 8.44. The molecule has 0 aliphatic carbocycles. The minimum Gasteiger partial charge on any atom is -0.357 e. The summed E-state index contributed by atoms with van der Waals surface area (Å²) in [4.78, 5) is 3.47. The number of thiocarbonyl (C=S) groups is 2. The highest BCUT2D eigenvalue weighted by molar-refractivity contribution is 8.54. The fourth-order valence-corrected chi connectivity index (χ4v) is 4.82. The van der Waals surface area contributed by atoms with Crippen LogP contribution >= 0.6 is 48.0 Å². The van der Waals surface area contributed by atoms with Crippen molar-refractivity contribution in [1.29, 1.82) is 0 Å². The minimum absolute atomic E-state index is 0.888. The van der Waals surface area contributed by atoms with Crippen molar-refractivity contribution in [3.63, 3.8) is 0 Å². The lowest BCUT2D eigenvalue weighted by Crippen LogP contribution is -2.33. The van der Waals surface area contributed by atoms with E-state index in [0.717, 1.165) is 20.9 Å². The maximum atomic E-state index is 5.48. The predicted molar refractivity (Wildman–Crippen MR) is 95.2 cm³/mol. The van der Waals surface area contributed by atoms with Crippen LogP contribution in [0.1, 0.15) is 24.8 Å². The normalized spacial score (nSPS) is 15.3. The van der Waals surface area contributed by atoms with Gasteiger partial charge in [0.05, 0.1) is 0 Å². The van der Waals surface area contributed by atoms with Crippen molar-refractivity contribution in [1.82, 2.24) is 4.90 Å². The van der Waals surface area contributed by atoms with Gasteiger partial charge in [0.25, 0.3) is 0 Å². The summed E-state index contributed by atoms with van der Waals surface area (Å²) >= 11 is 14.1. The van der Waals surface area contributed by atoms with E-state index < -0.39 is 0 Å². The van der Waals surface area contributed by atoms with Crippen LogP contribution in [0.15, 0.2) is 29.2 Å². The number of aryl methyl sites for hydroxylation is 1. The zero-order valence-electron chi connectivity index (χ0n) is 10.9. The Labute approximate surface area is 134 Å². The third-order valence-corrected chi connectivity index (χ3v) is 5.79. The van der Waals surface area contributed by atoms with Crippen LogP contribution in [-0.2, 0) is 0 Å². The molecular weight excluding hydrogens is 310 g/mol. The molecule has 1 saturated heterocycles. The van der Waals surface area contributed by atoms with Crippen LogP contribution in [0, 0.1) is 6.92 Å². The average molecular weight is 328 g/mol. The van der Waals surface area contributed by atoms with Crippen LogP contribution in [0.5, 0.6) is 0 Å². The largest absolute Gasteiger partial charge is 0.357 e. The van der Waals surface area contributed by atoms with Gasteiger partial charge >= 0.3 is 0 Å². The summed E-state index contributed by atoms with van der Waals surface area (Å²) < 4.78 is 1.82. The second-order valence-electron chi connectivity index (χ2n) is 4.58. The highest BCUT2D eigenvalue weighted by Crippen LogP contribution is 2.28. The van der Waals surface area contributed by atoms with Gasteiger partial charge < -0.3 is 4.90 Å². The molecule has 0 N–H and O–H groups in total. The predicted octanol–water partition coefficient (Wildman–Crippen LogP) is 4.88. The molecule has 0 unspecified atom stereocenters. The number of thioether (sulfide) groups is 2. The third-order valence-electron chi connectivity index (χ3n) is 3.01. The summed E-state index contributed by atoms with van der Waals surface area (Å²) in [5, 5.41) is 0. The number of hydrogen-bond donors (Lipinski definition) is 0. The standard InChI is InChI=1S/C14H17NS4/c1-11-5-7-12(8-6-11)18-14(17)19-13(16)15-9-3-2-4-10-15/h5-8H,2-4,9-10H2,1H3. The van der Waals surface area contributed by atoms with E-state index >= 15 is 0 Å². The Morgan fingerprint density at radius 2 is 1.68 bits per heavy atom. The molecule has 19 heavy (non-hydrogen) atoms. The van der Waals surface area contributed by atoms with Gasteiger partial charge in [0.2, 0.25) is 0 Å². The molecule has 0 bridgehead atoms. The Kier molecular flexibility index (Phi) is 6.13. The average Bonchev–Trinajstić information content (AvgIpc) is 2.42. The van der Waals surface area contributed by atoms with Gasteiger partial charge in [0.1, 0.15) is 7.85 Å². The number of rotatable bonds is 1. The molecule has 0 amide bonds. The topological polar surface area (TPSA) is 3.24 Å². The first-order chi connectivity index (χ1) is 9.15. The molecule has 1 aliphatic rings. The van der Waals surface area contributed by atoms with E-state index in [-0.39, 0.29) is 0 Å². The van der Waals surface area contributed by atoms with Crippen molar-refractivity contribution in [3.8, 4) is 0 Å². The van der Waals surface area contributed by atoms with Gasteiger partial charge in [0.15, 0.2) is 0 Å². The molecule has 0 saturated carbocycles. The minimum atomic E-state index is 0.888. The molecule has 1 nitrogen and oxygen atoms in total. The first-order valence-corrected chi connectivity index (χ1v) is 8.85. The van der Waals surface area contributed by atoms with Crippen molar-refractivity contribution in [2.45, 2.75) is 31.1 Å². The van der Waals surface area contributed by atoms with Gasteiger partial charge in [0, 0.05) is 18.0 Å². The fourth-order valence-electron chi connectivity index (χ4n) is 1.94. The Balaban J connectivity index is 1.83. The molecule has 2 rings (SSSR count). The summed E-state index contributed by atoms with van der Waals surface area (Å²) in [6.07, 6.45) is 3.82. The second kappa shape index (κ2) is 7.62. The molecule has 0 radical (unpaired) electrons. The number of piperidine rings is 1. The number of benzene rings is 1. The lowest BCUT2D eigenvalue weighted by atomic mass is 10.1. The SMILES string of the molecule is Cc1ccc(SC(=S)SC(=S)N2CCCCC2)cc1. The van der Waals surface area contributed by atoms with Crippen LogP contribution in [0.2, 0.25) is 0 Å². The van der Waals surface area contributed by atoms with Gasteiger partial charge in [-0.25, -0.2) is 0 Å². The van der Waals surface area contributed by atoms with Crippen LogP contribution in [-0.4, -0.2) is 25.8 Å². The summed E-state index contributed by atoms with van der Waals surface area (Å²) in [6.45, 7) is 4.26. The first kappa shape index (κ1) is 15.3. The molecule has 5 heteroatoms. The zero-order valence-corrected chi connectivity index (χ0v) is 14.2. The van der Waals surface area contributed by atoms with E-state index in [0.29, 0.717) is 0 Å². The van der Waals surface area contributed by atoms with Crippen LogP contribution < -0.4 is 0 Å². The van der Waals surface area contributed by atoms with E-state index in [1.54, 1.807) is 23.5 Å². The zero-order chi connectivity index (χ0) is 13.7. The maximum absolute atomic E-state index is 5.48. The molecule has 1 aliphatic heterocycles. The Bertz CT molecular complexity index is 449. The van der Waals surface area contributed by atoms with Crippen LogP contribution in [0.3, 0.4) is 0 Å². The third kappa shape index (κ3) is 5.06. The number of hydrogen-bond acceptors (Lipinski definition) is 4. The Hall–Kier alpha value is -0.100. The van der Waals surface area contributed by atoms with Crippen LogP contribution in [0.25, 0.3) is 0 Å². The van der Waals surface area contributed by atoms with Gasteiger partial charge in [-0.05, 0) is 50.1 Å². The molecule has 1 fully saturated rings. The number of likely N-dealkylation sites (tertiary alicyclic amines) is 1. The van der Waals surface area contributed by atoms with Gasteiger partial charge in [-0.2, -0.15) is 0 Å². The lowest BCUT2D eigenvalue weighted by molar-refractivity contribution is 0.352. The molecule has 1 aromatic carbocycles. The smallest absolute Gasteiger partial charge is 0.142 e. The molecule has 0 spiro atoms. The van der Waals surface area contributed by atoms with Crippen molar-refractivity contribution in [3.05, 3.63) is 29.8 Å². The monoisotopic (exact) mass is 327 g/mol. The summed E-state index contributed by atoms with van der Waals surface area (Å²) in [5.74, 6) is 0. The van der Waals surface area contributed by atoms with Gasteiger partial charge in [-0.3, -0.25) is 0 Å². The summed E-state index contributed by atoms with van der Waals surface area (Å²) in [7, 11) is 0. The van der Waals surface area contributed by atoms with E-state index in [2.05, 4.69) is 36.1 Å². The maximum Gasteiger partial charge on any atom is 0.142 e. The van der Waals surface area contributed by atoms with Crippen molar-refractivity contribution in [2.75, 3.05) is 13.1 Å². The van der Waals surface area contributed by atoms with Crippen molar-refractivity contribution in [2.24, 2.45) is 0 Å². The van der Waals surface area contributed by atoms with Crippen molar-refractivity contribution < 1.29 is 0 Å². The Morgan fingerprint density at radius 1 is 1.05 bits per heavy atom. The lowest BCUT2D eigenvalue weighted by Gasteiger charge is -2.28. The van der Waals surface area contributed by atoms with Crippen LogP contribution in [0.4, 0.5) is 0 Å². The molecule has 102 valence electrons. The quantitative estimate of drug-likeness (QED) is 0.533. The molecule has 0 atom stereocenters. The highest BCUT2D eigenvalue weighted by Gasteiger charge is 2.15. The van der Waals surface area contributed by atoms with E-state index in [9.17, 15) is 0 Å². The van der Waals surface area contributed by atoms with E-state index in [1.165, 1.54) is 29.7 Å². The van der Waals surface area contributed by atoms with Gasteiger partial charge in [-0.15, -0.1) is 0 Å². The number of nitrogens with zero attached hydrogens (tertiary/aromatic N) is 1. The molecular formula is C14H17NS4. The fraction of sp³-hybridized carbons (Fsp3) is 0.429. The highest BCUT2D eigenvalue weighted by atomic mass is 32.2. The molecule has 0 aromatic heterocycles. The van der Waals surface area contributed by atoms with E-state index in [1.807, 2.05) is 0 Å². The second-order valence-corrected chi connectivity index (χ2v) is 8.49. The van der Waals surface area contributed by atoms with Crippen molar-refractivity contribution >= 4 is 55.8 Å².